The third kappa shape index (κ3) is 1.01. The van der Waals surface area contributed by atoms with Gasteiger partial charge in [-0.15, -0.1) is 0 Å². The summed E-state index contributed by atoms with van der Waals surface area (Å²) < 4.78 is 1.90. The summed E-state index contributed by atoms with van der Waals surface area (Å²) in [6.07, 6.45) is 3.91. The number of nitrogens with two attached hydrogens (primary N) is 1. The second-order valence-electron chi connectivity index (χ2n) is 2.79. The zero-order chi connectivity index (χ0) is 8.55. The van der Waals surface area contributed by atoms with Crippen molar-refractivity contribution in [2.75, 3.05) is 0 Å². The molecule has 0 saturated heterocycles. The molecule has 1 unspecified atom stereocenters. The van der Waals surface area contributed by atoms with E-state index in [0.717, 1.165) is 5.69 Å². The highest BCUT2D eigenvalue weighted by Gasteiger charge is 2.19. The molecular weight excluding hydrogens is 154 g/mol. The van der Waals surface area contributed by atoms with Gasteiger partial charge in [0.15, 0.2) is 0 Å². The van der Waals surface area contributed by atoms with Gasteiger partial charge in [-0.1, -0.05) is 0 Å². The minimum absolute atomic E-state index is 0.0718. The summed E-state index contributed by atoms with van der Waals surface area (Å²) in [6.45, 7) is 0. The number of hydrogen-bond acceptors (Lipinski definition) is 2. The van der Waals surface area contributed by atoms with Gasteiger partial charge in [0.05, 0.1) is 12.8 Å². The molecule has 0 bridgehead atoms. The first-order valence-electron chi connectivity index (χ1n) is 3.76. The normalized spacial score (nSPS) is 19.5. The van der Waals surface area contributed by atoms with Crippen molar-refractivity contribution in [2.24, 2.45) is 10.7 Å². The van der Waals surface area contributed by atoms with E-state index in [4.69, 9.17) is 5.73 Å². The summed E-state index contributed by atoms with van der Waals surface area (Å²) in [5.74, 6) is -0.313. The Kier molecular flexibility index (Phi) is 1.46. The Bertz CT molecular complexity index is 340. The number of carbonyl (C=O) groups excluding carboxylic acids is 1. The van der Waals surface area contributed by atoms with Crippen LogP contribution < -0.4 is 5.73 Å². The maximum Gasteiger partial charge on any atom is 0.219 e. The first-order valence-corrected chi connectivity index (χ1v) is 3.76. The van der Waals surface area contributed by atoms with E-state index >= 15 is 0 Å². The molecule has 1 aromatic rings. The van der Waals surface area contributed by atoms with Crippen LogP contribution in [-0.2, 0) is 4.79 Å². The van der Waals surface area contributed by atoms with E-state index in [1.165, 1.54) is 0 Å². The quantitative estimate of drug-likeness (QED) is 0.669. The minimum atomic E-state index is -0.313. The fraction of sp³-hybridized carbons (Fsp3) is 0.250. The number of aromatic nitrogens is 1. The van der Waals surface area contributed by atoms with Crippen LogP contribution in [0.1, 0.15) is 18.2 Å². The van der Waals surface area contributed by atoms with Gasteiger partial charge in [-0.25, -0.2) is 0 Å². The van der Waals surface area contributed by atoms with Gasteiger partial charge in [0.25, 0.3) is 0 Å². The van der Waals surface area contributed by atoms with Crippen LogP contribution in [0.2, 0.25) is 0 Å². The number of primary amides is 1. The summed E-state index contributed by atoms with van der Waals surface area (Å²) in [7, 11) is 0. The molecule has 0 aromatic carbocycles. The lowest BCUT2D eigenvalue weighted by atomic mass is 10.1. The first kappa shape index (κ1) is 7.09. The molecule has 62 valence electrons. The van der Waals surface area contributed by atoms with Crippen LogP contribution in [0.15, 0.2) is 23.3 Å². The Balaban J connectivity index is 2.23. The molecule has 1 aliphatic rings. The predicted molar refractivity (Wildman–Crippen MR) is 44.9 cm³/mol. The first-order chi connectivity index (χ1) is 5.77. The fourth-order valence-corrected chi connectivity index (χ4v) is 1.37. The van der Waals surface area contributed by atoms with Crippen molar-refractivity contribution in [1.82, 2.24) is 4.57 Å². The molecule has 2 rings (SSSR count). The van der Waals surface area contributed by atoms with Crippen molar-refractivity contribution in [1.29, 1.82) is 0 Å². The lowest BCUT2D eigenvalue weighted by Gasteiger charge is -2.02. The number of nitrogens with zero attached hydrogens (tertiary/aromatic N) is 2. The lowest BCUT2D eigenvalue weighted by Crippen LogP contribution is -2.13. The molecule has 0 aliphatic carbocycles. The second kappa shape index (κ2) is 2.48. The van der Waals surface area contributed by atoms with Crippen LogP contribution in [0.4, 0.5) is 0 Å². The summed E-state index contributed by atoms with van der Waals surface area (Å²) >= 11 is 0. The third-order valence-electron chi connectivity index (χ3n) is 1.92. The van der Waals surface area contributed by atoms with Gasteiger partial charge in [-0.05, 0) is 12.1 Å². The standard InChI is InChI=1S/C8H9N3O/c9-8(12)4-6-7-2-1-3-11(7)5-10-6/h1-3,5-6H,4H2,(H2,9,12). The summed E-state index contributed by atoms with van der Waals surface area (Å²) in [6, 6.07) is 3.80. The van der Waals surface area contributed by atoms with Crippen LogP contribution in [0, 0.1) is 0 Å². The fourth-order valence-electron chi connectivity index (χ4n) is 1.37. The lowest BCUT2D eigenvalue weighted by molar-refractivity contribution is -0.118. The SMILES string of the molecule is NC(=O)CC1N=Cn2cccc21. The summed E-state index contributed by atoms with van der Waals surface area (Å²) in [5, 5.41) is 0. The Morgan fingerprint density at radius 3 is 3.33 bits per heavy atom. The van der Waals surface area contributed by atoms with Crippen LogP contribution >= 0.6 is 0 Å². The van der Waals surface area contributed by atoms with Crippen molar-refractivity contribution in [2.45, 2.75) is 12.5 Å². The maximum absolute atomic E-state index is 10.6. The van der Waals surface area contributed by atoms with Crippen LogP contribution in [-0.4, -0.2) is 16.8 Å². The molecule has 4 heteroatoms. The molecule has 0 radical (unpaired) electrons. The van der Waals surface area contributed by atoms with Gasteiger partial charge >= 0.3 is 0 Å². The summed E-state index contributed by atoms with van der Waals surface area (Å²) in [4.78, 5) is 14.8. The number of amides is 1. The van der Waals surface area contributed by atoms with Crippen molar-refractivity contribution >= 4 is 12.2 Å². The average molecular weight is 163 g/mol. The molecule has 1 aromatic heterocycles. The maximum atomic E-state index is 10.6. The highest BCUT2D eigenvalue weighted by Crippen LogP contribution is 2.24. The molecule has 2 heterocycles. The molecule has 1 atom stereocenters. The molecule has 4 nitrogen and oxygen atoms in total. The van der Waals surface area contributed by atoms with Crippen molar-refractivity contribution in [3.63, 3.8) is 0 Å². The van der Waals surface area contributed by atoms with E-state index in [2.05, 4.69) is 4.99 Å². The Morgan fingerprint density at radius 2 is 2.58 bits per heavy atom. The molecular formula is C8H9N3O. The summed E-state index contributed by atoms with van der Waals surface area (Å²) in [5.41, 5.74) is 6.11. The molecule has 0 fully saturated rings. The Morgan fingerprint density at radius 1 is 1.75 bits per heavy atom. The van der Waals surface area contributed by atoms with Gasteiger partial charge < -0.3 is 10.3 Å². The molecule has 2 N–H and O–H groups in total. The van der Waals surface area contributed by atoms with E-state index in [-0.39, 0.29) is 11.9 Å². The van der Waals surface area contributed by atoms with Crippen LogP contribution in [0.5, 0.6) is 0 Å². The smallest absolute Gasteiger partial charge is 0.219 e. The zero-order valence-corrected chi connectivity index (χ0v) is 6.47. The number of carbonyl (C=O) groups is 1. The van der Waals surface area contributed by atoms with Crippen LogP contribution in [0.3, 0.4) is 0 Å². The van der Waals surface area contributed by atoms with Crippen molar-refractivity contribution in [3.8, 4) is 0 Å². The largest absolute Gasteiger partial charge is 0.370 e. The number of fused-ring (bicyclic) bond motifs is 1. The number of aliphatic imine (C=N–C) groups is 1. The Hall–Kier alpha value is -1.58. The monoisotopic (exact) mass is 163 g/mol. The molecule has 12 heavy (non-hydrogen) atoms. The van der Waals surface area contributed by atoms with Crippen molar-refractivity contribution in [3.05, 3.63) is 24.0 Å². The van der Waals surface area contributed by atoms with Gasteiger partial charge in [0.2, 0.25) is 5.91 Å². The topological polar surface area (TPSA) is 60.4 Å². The Labute approximate surface area is 69.7 Å². The number of hydrogen-bond donors (Lipinski definition) is 1. The van der Waals surface area contributed by atoms with Gasteiger partial charge in [-0.2, -0.15) is 0 Å². The van der Waals surface area contributed by atoms with Crippen LogP contribution in [0.25, 0.3) is 0 Å². The minimum Gasteiger partial charge on any atom is -0.370 e. The van der Waals surface area contributed by atoms with E-state index in [1.807, 2.05) is 22.9 Å². The van der Waals surface area contributed by atoms with Crippen molar-refractivity contribution < 1.29 is 4.79 Å². The highest BCUT2D eigenvalue weighted by molar-refractivity contribution is 5.76. The average Bonchev–Trinajstić information content (AvgIpc) is 2.52. The highest BCUT2D eigenvalue weighted by atomic mass is 16.1. The third-order valence-corrected chi connectivity index (χ3v) is 1.92. The molecule has 0 spiro atoms. The van der Waals surface area contributed by atoms with Gasteiger partial charge in [0.1, 0.15) is 6.04 Å². The molecule has 1 aliphatic heterocycles. The van der Waals surface area contributed by atoms with E-state index in [1.54, 1.807) is 6.34 Å². The second-order valence-corrected chi connectivity index (χ2v) is 2.79. The van der Waals surface area contributed by atoms with Gasteiger partial charge in [0, 0.05) is 11.9 Å². The van der Waals surface area contributed by atoms with E-state index in [0.29, 0.717) is 6.42 Å². The predicted octanol–water partition coefficient (Wildman–Crippen LogP) is 0.295. The number of rotatable bonds is 2. The van der Waals surface area contributed by atoms with E-state index < -0.39 is 0 Å². The molecule has 0 saturated carbocycles. The zero-order valence-electron chi connectivity index (χ0n) is 6.47. The van der Waals surface area contributed by atoms with E-state index in [9.17, 15) is 4.79 Å². The van der Waals surface area contributed by atoms with Gasteiger partial charge in [-0.3, -0.25) is 9.79 Å². The molecule has 1 amide bonds.